The highest BCUT2D eigenvalue weighted by Crippen LogP contribution is 2.21. The number of hydrogen-bond donors (Lipinski definition) is 2. The fourth-order valence-electron chi connectivity index (χ4n) is 2.28. The van der Waals surface area contributed by atoms with Crippen LogP contribution in [0.3, 0.4) is 0 Å². The van der Waals surface area contributed by atoms with Gasteiger partial charge in [-0.2, -0.15) is 0 Å². The predicted molar refractivity (Wildman–Crippen MR) is 108 cm³/mol. The Bertz CT molecular complexity index is 961. The second-order valence-corrected chi connectivity index (χ2v) is 6.58. The maximum absolute atomic E-state index is 12.4. The van der Waals surface area contributed by atoms with Gasteiger partial charge < -0.3 is 5.32 Å². The van der Waals surface area contributed by atoms with E-state index in [9.17, 15) is 4.79 Å². The topological polar surface area (TPSA) is 58.4 Å². The summed E-state index contributed by atoms with van der Waals surface area (Å²) in [7, 11) is 0. The van der Waals surface area contributed by atoms with E-state index in [0.717, 1.165) is 11.3 Å². The van der Waals surface area contributed by atoms with E-state index >= 15 is 0 Å². The van der Waals surface area contributed by atoms with Crippen LogP contribution in [-0.4, -0.2) is 17.3 Å². The van der Waals surface area contributed by atoms with Crippen molar-refractivity contribution in [1.82, 2.24) is 4.68 Å². The molecule has 1 aromatic heterocycles. The largest absolute Gasteiger partial charge is 0.338 e. The molecule has 2 amide bonds. The van der Waals surface area contributed by atoms with Crippen molar-refractivity contribution in [3.05, 3.63) is 82.5 Å². The fourth-order valence-corrected chi connectivity index (χ4v) is 3.26. The zero-order valence-corrected chi connectivity index (χ0v) is 15.4. The van der Waals surface area contributed by atoms with Gasteiger partial charge >= 0.3 is 6.03 Å². The third-order valence-corrected chi connectivity index (χ3v) is 4.56. The third-order valence-electron chi connectivity index (χ3n) is 3.45. The van der Waals surface area contributed by atoms with Crippen molar-refractivity contribution >= 4 is 34.7 Å². The van der Waals surface area contributed by atoms with Gasteiger partial charge in [0.2, 0.25) is 4.80 Å². The van der Waals surface area contributed by atoms with E-state index in [1.165, 1.54) is 11.3 Å². The van der Waals surface area contributed by atoms with Gasteiger partial charge in [0.25, 0.3) is 0 Å². The molecule has 5 nitrogen and oxygen atoms in total. The van der Waals surface area contributed by atoms with Crippen molar-refractivity contribution in [2.24, 2.45) is 4.99 Å². The van der Waals surface area contributed by atoms with Gasteiger partial charge in [-0.05, 0) is 24.3 Å². The van der Waals surface area contributed by atoms with Crippen LogP contribution in [0.2, 0.25) is 5.02 Å². The number of anilines is 1. The minimum atomic E-state index is -0.357. The minimum absolute atomic E-state index is 0.357. The number of urea groups is 1. The maximum Gasteiger partial charge on any atom is 0.338 e. The van der Waals surface area contributed by atoms with Crippen molar-refractivity contribution in [2.75, 3.05) is 17.3 Å². The lowest BCUT2D eigenvalue weighted by atomic mass is 10.2. The molecule has 0 bridgehead atoms. The highest BCUT2D eigenvalue weighted by atomic mass is 35.5. The normalized spacial score (nSPS) is 11.2. The second kappa shape index (κ2) is 8.51. The number of rotatable bonds is 5. The van der Waals surface area contributed by atoms with Crippen LogP contribution in [0.5, 0.6) is 0 Å². The van der Waals surface area contributed by atoms with E-state index in [4.69, 9.17) is 11.6 Å². The summed E-state index contributed by atoms with van der Waals surface area (Å²) in [6, 6.07) is 16.3. The lowest BCUT2D eigenvalue weighted by molar-refractivity contribution is 0.259. The van der Waals surface area contributed by atoms with E-state index in [1.807, 2.05) is 60.0 Å². The quantitative estimate of drug-likeness (QED) is 0.613. The Morgan fingerprint density at radius 2 is 1.92 bits per heavy atom. The Balaban J connectivity index is 1.92. The van der Waals surface area contributed by atoms with Crippen LogP contribution in [0, 0.1) is 0 Å². The number of amides is 2. The highest BCUT2D eigenvalue weighted by Gasteiger charge is 2.11. The summed E-state index contributed by atoms with van der Waals surface area (Å²) >= 11 is 7.41. The zero-order chi connectivity index (χ0) is 18.4. The highest BCUT2D eigenvalue weighted by molar-refractivity contribution is 7.07. The molecule has 2 N–H and O–H groups in total. The molecule has 0 spiro atoms. The first kappa shape index (κ1) is 18.0. The van der Waals surface area contributed by atoms with E-state index in [1.54, 1.807) is 10.8 Å². The van der Waals surface area contributed by atoms with Crippen LogP contribution < -0.4 is 15.5 Å². The van der Waals surface area contributed by atoms with Gasteiger partial charge in [-0.15, -0.1) is 17.9 Å². The number of carbonyl (C=O) groups excluding carboxylic acids is 1. The summed E-state index contributed by atoms with van der Waals surface area (Å²) < 4.78 is 1.66. The summed E-state index contributed by atoms with van der Waals surface area (Å²) in [6.45, 7) is 4.14. The molecule has 3 aromatic rings. The summed E-state index contributed by atoms with van der Waals surface area (Å²) in [5.41, 5.74) is 5.29. The van der Waals surface area contributed by atoms with Crippen molar-refractivity contribution in [3.63, 3.8) is 0 Å². The second-order valence-electron chi connectivity index (χ2n) is 5.31. The third kappa shape index (κ3) is 4.41. The molecule has 7 heteroatoms. The van der Waals surface area contributed by atoms with E-state index in [0.29, 0.717) is 22.1 Å². The van der Waals surface area contributed by atoms with Crippen LogP contribution in [0.1, 0.15) is 0 Å². The summed E-state index contributed by atoms with van der Waals surface area (Å²) in [5, 5.41) is 5.40. The Morgan fingerprint density at radius 1 is 1.19 bits per heavy atom. The molecule has 0 radical (unpaired) electrons. The maximum atomic E-state index is 12.4. The van der Waals surface area contributed by atoms with E-state index in [-0.39, 0.29) is 6.03 Å². The first-order valence-electron chi connectivity index (χ1n) is 7.88. The Kier molecular flexibility index (Phi) is 5.88. The van der Waals surface area contributed by atoms with Crippen molar-refractivity contribution < 1.29 is 4.79 Å². The summed E-state index contributed by atoms with van der Waals surface area (Å²) in [4.78, 5) is 17.5. The predicted octanol–water partition coefficient (Wildman–Crippen LogP) is 4.73. The van der Waals surface area contributed by atoms with Gasteiger partial charge in [-0.3, -0.25) is 4.99 Å². The molecule has 0 aliphatic carbocycles. The molecule has 0 atom stereocenters. The van der Waals surface area contributed by atoms with Gasteiger partial charge in [-0.1, -0.05) is 48.0 Å². The Morgan fingerprint density at radius 3 is 2.62 bits per heavy atom. The smallest absolute Gasteiger partial charge is 0.307 e. The molecule has 1 heterocycles. The van der Waals surface area contributed by atoms with Crippen LogP contribution >= 0.6 is 22.9 Å². The first-order chi connectivity index (χ1) is 12.7. The number of aromatic nitrogens is 1. The molecule has 3 rings (SSSR count). The molecular weight excluding hydrogens is 368 g/mol. The van der Waals surface area contributed by atoms with Gasteiger partial charge in [-0.25, -0.2) is 14.9 Å². The van der Waals surface area contributed by atoms with Gasteiger partial charge in [0, 0.05) is 21.7 Å². The number of nitrogens with zero attached hydrogens (tertiary/aromatic N) is 2. The van der Waals surface area contributed by atoms with Crippen molar-refractivity contribution in [3.8, 4) is 11.3 Å². The lowest BCUT2D eigenvalue weighted by Gasteiger charge is -2.12. The fraction of sp³-hybridized carbons (Fsp3) is 0.0526. The number of carbonyl (C=O) groups is 1. The van der Waals surface area contributed by atoms with Crippen molar-refractivity contribution in [1.29, 1.82) is 0 Å². The average Bonchev–Trinajstić information content (AvgIpc) is 3.04. The Labute approximate surface area is 160 Å². The SMILES string of the molecule is C=CCN=c1scc(-c2ccc(Cl)cc2)n1NC(=O)Nc1ccccc1. The summed E-state index contributed by atoms with van der Waals surface area (Å²) in [6.07, 6.45) is 1.70. The van der Waals surface area contributed by atoms with Crippen LogP contribution in [0.15, 0.2) is 77.6 Å². The summed E-state index contributed by atoms with van der Waals surface area (Å²) in [5.74, 6) is 0. The number of hydrogen-bond acceptors (Lipinski definition) is 3. The van der Waals surface area contributed by atoms with Gasteiger partial charge in [0.15, 0.2) is 0 Å². The molecule has 0 unspecified atom stereocenters. The van der Waals surface area contributed by atoms with Crippen LogP contribution in [-0.2, 0) is 0 Å². The van der Waals surface area contributed by atoms with Crippen LogP contribution in [0.25, 0.3) is 11.3 Å². The number of nitrogens with one attached hydrogen (secondary N) is 2. The number of halogens is 1. The minimum Gasteiger partial charge on any atom is -0.307 e. The Hall–Kier alpha value is -2.83. The molecule has 26 heavy (non-hydrogen) atoms. The molecule has 2 aromatic carbocycles. The standard InChI is InChI=1S/C19H17ClN4OS/c1-2-12-21-19-24(23-18(25)22-16-6-4-3-5-7-16)17(13-26-19)14-8-10-15(20)11-9-14/h2-11,13H,1,12H2,(H2,22,23,25). The molecule has 0 fully saturated rings. The molecule has 0 aliphatic heterocycles. The molecular formula is C19H17ClN4OS. The molecule has 0 saturated carbocycles. The lowest BCUT2D eigenvalue weighted by Crippen LogP contribution is -2.34. The number of benzene rings is 2. The van der Waals surface area contributed by atoms with Crippen molar-refractivity contribution in [2.45, 2.75) is 0 Å². The molecule has 132 valence electrons. The van der Waals surface area contributed by atoms with E-state index in [2.05, 4.69) is 22.3 Å². The van der Waals surface area contributed by atoms with Gasteiger partial charge in [0.1, 0.15) is 0 Å². The molecule has 0 aliphatic rings. The monoisotopic (exact) mass is 384 g/mol. The van der Waals surface area contributed by atoms with E-state index < -0.39 is 0 Å². The average molecular weight is 385 g/mol. The zero-order valence-electron chi connectivity index (χ0n) is 13.9. The van der Waals surface area contributed by atoms with Crippen LogP contribution in [0.4, 0.5) is 10.5 Å². The first-order valence-corrected chi connectivity index (χ1v) is 9.14. The number of thiazole rings is 1. The van der Waals surface area contributed by atoms with Gasteiger partial charge in [0.05, 0.1) is 12.2 Å². The molecule has 0 saturated heterocycles. The number of para-hydroxylation sites is 1.